The van der Waals surface area contributed by atoms with Crippen molar-refractivity contribution in [3.05, 3.63) is 64.2 Å². The Hall–Kier alpha value is -2.22. The lowest BCUT2D eigenvalue weighted by Gasteiger charge is -2.09. The van der Waals surface area contributed by atoms with E-state index >= 15 is 0 Å². The summed E-state index contributed by atoms with van der Waals surface area (Å²) >= 11 is 5.87. The monoisotopic (exact) mass is 409 g/mol. The molecule has 2 aromatic carbocycles. The smallest absolute Gasteiger partial charge is 0.307 e. The lowest BCUT2D eigenvalue weighted by molar-refractivity contribution is -0.142. The Kier molecular flexibility index (Phi) is 7.12. The first-order valence-electron chi connectivity index (χ1n) is 8.21. The van der Waals surface area contributed by atoms with Crippen LogP contribution in [0.4, 0.5) is 0 Å². The number of halogens is 1. The van der Waals surface area contributed by atoms with E-state index in [4.69, 9.17) is 16.3 Å². The molecule has 27 heavy (non-hydrogen) atoms. The van der Waals surface area contributed by atoms with Gasteiger partial charge < -0.3 is 4.74 Å². The maximum Gasteiger partial charge on any atom is 0.307 e. The molecule has 0 saturated carbocycles. The standard InChI is InChI=1S/C19H20ClNO5S/c1-13-7-8-14(2)15(11-13)17(22)12-26-19(23)9-10-21-27(24,25)18-6-4-3-5-16(18)20/h3-8,11,21H,9-10,12H2,1-2H3. The zero-order valence-electron chi connectivity index (χ0n) is 15.0. The molecular formula is C19H20ClNO5S. The summed E-state index contributed by atoms with van der Waals surface area (Å²) in [6.45, 7) is 3.12. The van der Waals surface area contributed by atoms with Crippen LogP contribution in [0.2, 0.25) is 5.02 Å². The van der Waals surface area contributed by atoms with E-state index in [2.05, 4.69) is 4.72 Å². The fourth-order valence-electron chi connectivity index (χ4n) is 2.36. The molecule has 8 heteroatoms. The molecule has 1 N–H and O–H groups in total. The van der Waals surface area contributed by atoms with E-state index in [0.717, 1.165) is 11.1 Å². The number of ether oxygens (including phenoxy) is 1. The Bertz CT molecular complexity index is 956. The molecule has 0 saturated heterocycles. The largest absolute Gasteiger partial charge is 0.457 e. The summed E-state index contributed by atoms with van der Waals surface area (Å²) in [6, 6.07) is 11.5. The summed E-state index contributed by atoms with van der Waals surface area (Å²) in [6.07, 6.45) is -0.205. The molecule has 0 aromatic heterocycles. The quantitative estimate of drug-likeness (QED) is 0.534. The third-order valence-corrected chi connectivity index (χ3v) is 5.77. The number of ketones is 1. The minimum absolute atomic E-state index is 0.0647. The van der Waals surface area contributed by atoms with Crippen LogP contribution in [0.15, 0.2) is 47.4 Å². The average molecular weight is 410 g/mol. The van der Waals surface area contributed by atoms with Crippen LogP contribution in [0.25, 0.3) is 0 Å². The zero-order valence-corrected chi connectivity index (χ0v) is 16.6. The van der Waals surface area contributed by atoms with Crippen LogP contribution in [0.1, 0.15) is 27.9 Å². The van der Waals surface area contributed by atoms with Crippen molar-refractivity contribution in [1.29, 1.82) is 0 Å². The number of nitrogens with one attached hydrogen (secondary N) is 1. The van der Waals surface area contributed by atoms with Gasteiger partial charge in [0.1, 0.15) is 4.90 Å². The van der Waals surface area contributed by atoms with Crippen LogP contribution in [0.5, 0.6) is 0 Å². The Labute approximate surface area is 163 Å². The lowest BCUT2D eigenvalue weighted by atomic mass is 10.0. The Morgan fingerprint density at radius 3 is 2.52 bits per heavy atom. The second-order valence-corrected chi connectivity index (χ2v) is 8.12. The predicted octanol–water partition coefficient (Wildman–Crippen LogP) is 3.05. The summed E-state index contributed by atoms with van der Waals surface area (Å²) in [7, 11) is -3.83. The topological polar surface area (TPSA) is 89.5 Å². The van der Waals surface area contributed by atoms with Gasteiger partial charge in [0.2, 0.25) is 15.8 Å². The minimum atomic E-state index is -3.83. The average Bonchev–Trinajstić information content (AvgIpc) is 2.61. The van der Waals surface area contributed by atoms with Crippen LogP contribution in [0, 0.1) is 13.8 Å². The third-order valence-electron chi connectivity index (χ3n) is 3.81. The molecule has 0 fully saturated rings. The number of carbonyl (C=O) groups excluding carboxylic acids is 2. The van der Waals surface area contributed by atoms with Crippen molar-refractivity contribution in [2.24, 2.45) is 0 Å². The van der Waals surface area contributed by atoms with Gasteiger partial charge in [-0.3, -0.25) is 9.59 Å². The van der Waals surface area contributed by atoms with Crippen molar-refractivity contribution < 1.29 is 22.7 Å². The van der Waals surface area contributed by atoms with Crippen LogP contribution in [-0.4, -0.2) is 33.3 Å². The van der Waals surface area contributed by atoms with E-state index in [-0.39, 0.29) is 35.3 Å². The highest BCUT2D eigenvalue weighted by Gasteiger charge is 2.18. The highest BCUT2D eigenvalue weighted by molar-refractivity contribution is 7.89. The summed E-state index contributed by atoms with van der Waals surface area (Å²) in [4.78, 5) is 23.9. The van der Waals surface area contributed by atoms with Crippen molar-refractivity contribution in [2.75, 3.05) is 13.2 Å². The maximum atomic E-state index is 12.2. The van der Waals surface area contributed by atoms with E-state index in [9.17, 15) is 18.0 Å². The summed E-state index contributed by atoms with van der Waals surface area (Å²) in [5.74, 6) is -0.975. The molecule has 0 atom stereocenters. The highest BCUT2D eigenvalue weighted by atomic mass is 35.5. The molecule has 144 valence electrons. The Balaban J connectivity index is 1.84. The van der Waals surface area contributed by atoms with Crippen LogP contribution < -0.4 is 4.72 Å². The number of esters is 1. The van der Waals surface area contributed by atoms with E-state index < -0.39 is 16.0 Å². The van der Waals surface area contributed by atoms with Crippen molar-refractivity contribution in [3.63, 3.8) is 0 Å². The molecule has 0 bridgehead atoms. The van der Waals surface area contributed by atoms with Gasteiger partial charge in [0.15, 0.2) is 6.61 Å². The summed E-state index contributed by atoms with van der Waals surface area (Å²) in [5, 5.41) is 0.0895. The Morgan fingerprint density at radius 2 is 1.81 bits per heavy atom. The number of sulfonamides is 1. The van der Waals surface area contributed by atoms with Gasteiger partial charge in [-0.2, -0.15) is 0 Å². The fraction of sp³-hybridized carbons (Fsp3) is 0.263. The minimum Gasteiger partial charge on any atom is -0.457 e. The van der Waals surface area contributed by atoms with Crippen molar-refractivity contribution >= 4 is 33.4 Å². The molecule has 6 nitrogen and oxygen atoms in total. The first-order valence-corrected chi connectivity index (χ1v) is 10.1. The number of hydrogen-bond donors (Lipinski definition) is 1. The lowest BCUT2D eigenvalue weighted by Crippen LogP contribution is -2.27. The van der Waals surface area contributed by atoms with E-state index in [1.807, 2.05) is 19.1 Å². The van der Waals surface area contributed by atoms with Gasteiger partial charge >= 0.3 is 5.97 Å². The number of Topliss-reactive ketones (excluding diaryl/α,β-unsaturated/α-hetero) is 1. The van der Waals surface area contributed by atoms with Gasteiger partial charge in [0.25, 0.3) is 0 Å². The van der Waals surface area contributed by atoms with Crippen LogP contribution in [-0.2, 0) is 19.6 Å². The number of aryl methyl sites for hydroxylation is 2. The van der Waals surface area contributed by atoms with Gasteiger partial charge in [0.05, 0.1) is 11.4 Å². The van der Waals surface area contributed by atoms with Crippen molar-refractivity contribution in [3.8, 4) is 0 Å². The number of rotatable bonds is 8. The van der Waals surface area contributed by atoms with Gasteiger partial charge in [-0.15, -0.1) is 0 Å². The number of hydrogen-bond acceptors (Lipinski definition) is 5. The van der Waals surface area contributed by atoms with Gasteiger partial charge in [0, 0.05) is 12.1 Å². The molecule has 2 rings (SSSR count). The first kappa shape index (κ1) is 21.1. The highest BCUT2D eigenvalue weighted by Crippen LogP contribution is 2.20. The summed E-state index contributed by atoms with van der Waals surface area (Å²) < 4.78 is 31.5. The SMILES string of the molecule is Cc1ccc(C)c(C(=O)COC(=O)CCNS(=O)(=O)c2ccccc2Cl)c1. The zero-order chi connectivity index (χ0) is 20.0. The van der Waals surface area contributed by atoms with Crippen molar-refractivity contribution in [1.82, 2.24) is 4.72 Å². The van der Waals surface area contributed by atoms with Crippen LogP contribution >= 0.6 is 11.6 Å². The van der Waals surface area contributed by atoms with Gasteiger partial charge in [-0.25, -0.2) is 13.1 Å². The molecular weight excluding hydrogens is 390 g/mol. The van der Waals surface area contributed by atoms with Crippen LogP contribution in [0.3, 0.4) is 0 Å². The second kappa shape index (κ2) is 9.12. The van der Waals surface area contributed by atoms with E-state index in [1.165, 1.54) is 12.1 Å². The van der Waals surface area contributed by atoms with Gasteiger partial charge in [-0.1, -0.05) is 41.4 Å². The van der Waals surface area contributed by atoms with Crippen molar-refractivity contribution in [2.45, 2.75) is 25.2 Å². The molecule has 0 radical (unpaired) electrons. The molecule has 0 amide bonds. The molecule has 0 unspecified atom stereocenters. The van der Waals surface area contributed by atoms with E-state index in [0.29, 0.717) is 5.56 Å². The second-order valence-electron chi connectivity index (χ2n) is 5.98. The summed E-state index contributed by atoms with van der Waals surface area (Å²) in [5.41, 5.74) is 2.24. The third kappa shape index (κ3) is 5.89. The molecule has 0 spiro atoms. The molecule has 0 aliphatic rings. The maximum absolute atomic E-state index is 12.2. The number of carbonyl (C=O) groups is 2. The Morgan fingerprint density at radius 1 is 1.11 bits per heavy atom. The molecule has 0 aliphatic heterocycles. The predicted molar refractivity (Wildman–Crippen MR) is 102 cm³/mol. The normalized spacial score (nSPS) is 11.2. The molecule has 0 aliphatic carbocycles. The molecule has 2 aromatic rings. The fourth-order valence-corrected chi connectivity index (χ4v) is 3.91. The first-order chi connectivity index (χ1) is 12.7. The van der Waals surface area contributed by atoms with E-state index in [1.54, 1.807) is 25.1 Å². The molecule has 0 heterocycles. The number of benzene rings is 2. The van der Waals surface area contributed by atoms with Gasteiger partial charge in [-0.05, 0) is 37.6 Å².